The number of Topliss-reactive ketones (excluding diaryl/α,β-unsaturated/α-hetero) is 1. The summed E-state index contributed by atoms with van der Waals surface area (Å²) in [7, 11) is 0. The van der Waals surface area contributed by atoms with Crippen LogP contribution in [-0.4, -0.2) is 49.4 Å². The average molecular weight is 371 g/mol. The summed E-state index contributed by atoms with van der Waals surface area (Å²) in [5, 5.41) is 4.40. The quantitative estimate of drug-likeness (QED) is 0.804. The fourth-order valence-corrected chi connectivity index (χ4v) is 3.84. The van der Waals surface area contributed by atoms with Gasteiger partial charge >= 0.3 is 0 Å². The minimum absolute atomic E-state index is 0.00760. The monoisotopic (exact) mass is 371 g/mol. The smallest absolute Gasteiger partial charge is 0.250 e. The number of nitrogens with zero attached hydrogens (tertiary/aromatic N) is 4. The Balaban J connectivity index is 1.64. The number of nitrogens with one attached hydrogen (secondary N) is 1. The lowest BCUT2D eigenvalue weighted by atomic mass is 9.94. The Morgan fingerprint density at radius 1 is 1.33 bits per heavy atom. The molecule has 1 saturated heterocycles. The van der Waals surface area contributed by atoms with Gasteiger partial charge in [0.1, 0.15) is 0 Å². The second-order valence-electron chi connectivity index (χ2n) is 7.09. The van der Waals surface area contributed by atoms with Crippen LogP contribution in [0, 0.1) is 13.8 Å². The van der Waals surface area contributed by atoms with Crippen molar-refractivity contribution >= 4 is 11.7 Å². The number of carbonyl (C=O) groups is 2. The molecule has 3 heterocycles. The van der Waals surface area contributed by atoms with Gasteiger partial charge in [0.05, 0.1) is 23.3 Å². The summed E-state index contributed by atoms with van der Waals surface area (Å²) < 4.78 is 1.74. The number of aromatic amines is 1. The molecule has 0 bridgehead atoms. The largest absolute Gasteiger partial charge is 0.342 e. The minimum atomic E-state index is -0.172. The van der Waals surface area contributed by atoms with Gasteiger partial charge in [-0.2, -0.15) is 5.10 Å². The molecule has 3 rings (SSSR count). The molecule has 27 heavy (non-hydrogen) atoms. The molecule has 1 fully saturated rings. The summed E-state index contributed by atoms with van der Waals surface area (Å²) in [6, 6.07) is 1.51. The Hall–Kier alpha value is -2.77. The van der Waals surface area contributed by atoms with Crippen LogP contribution in [0.25, 0.3) is 0 Å². The molecule has 0 saturated carbocycles. The van der Waals surface area contributed by atoms with Gasteiger partial charge in [-0.15, -0.1) is 0 Å². The van der Waals surface area contributed by atoms with E-state index in [1.807, 2.05) is 18.7 Å². The van der Waals surface area contributed by atoms with Crippen molar-refractivity contribution in [3.63, 3.8) is 0 Å². The minimum Gasteiger partial charge on any atom is -0.342 e. The lowest BCUT2D eigenvalue weighted by molar-refractivity contribution is -0.132. The molecule has 1 atom stereocenters. The van der Waals surface area contributed by atoms with Gasteiger partial charge in [0.25, 0.3) is 5.56 Å². The molecular formula is C19H25N5O3. The van der Waals surface area contributed by atoms with Crippen molar-refractivity contribution in [3.8, 4) is 0 Å². The maximum Gasteiger partial charge on any atom is 0.250 e. The lowest BCUT2D eigenvalue weighted by Gasteiger charge is -2.32. The van der Waals surface area contributed by atoms with E-state index < -0.39 is 0 Å². The zero-order valence-electron chi connectivity index (χ0n) is 16.0. The summed E-state index contributed by atoms with van der Waals surface area (Å²) in [5.41, 5.74) is 2.71. The molecule has 8 heteroatoms. The number of likely N-dealkylation sites (tertiary alicyclic amines) is 1. The van der Waals surface area contributed by atoms with Gasteiger partial charge in [0.15, 0.2) is 5.78 Å². The first kappa shape index (κ1) is 19.0. The number of ketones is 1. The van der Waals surface area contributed by atoms with Crippen LogP contribution in [0.3, 0.4) is 0 Å². The van der Waals surface area contributed by atoms with Gasteiger partial charge < -0.3 is 9.88 Å². The standard InChI is InChI=1S/C19H25N5O3/c1-12-19(14(3)25)13(2)24(22-12)8-6-18(27)23-7-4-5-15(10-23)16-9-17(26)21-11-20-16/h9,11,15H,4-8,10H2,1-3H3,(H,20,21,26). The first-order valence-electron chi connectivity index (χ1n) is 9.24. The highest BCUT2D eigenvalue weighted by atomic mass is 16.2. The number of carbonyl (C=O) groups excluding carboxylic acids is 2. The molecule has 0 aliphatic carbocycles. The van der Waals surface area contributed by atoms with Crippen molar-refractivity contribution in [1.82, 2.24) is 24.6 Å². The van der Waals surface area contributed by atoms with E-state index in [1.165, 1.54) is 19.3 Å². The van der Waals surface area contributed by atoms with Gasteiger partial charge in [0, 0.05) is 43.7 Å². The third kappa shape index (κ3) is 4.15. The molecule has 1 aliphatic rings. The molecule has 1 aliphatic heterocycles. The zero-order valence-corrected chi connectivity index (χ0v) is 16.0. The lowest BCUT2D eigenvalue weighted by Crippen LogP contribution is -2.39. The molecular weight excluding hydrogens is 346 g/mol. The van der Waals surface area contributed by atoms with E-state index in [9.17, 15) is 14.4 Å². The SMILES string of the molecule is CC(=O)c1c(C)nn(CCC(=O)N2CCCC(c3cc(=O)[nH]cn3)C2)c1C. The van der Waals surface area contributed by atoms with E-state index in [-0.39, 0.29) is 23.2 Å². The third-order valence-electron chi connectivity index (χ3n) is 5.16. The van der Waals surface area contributed by atoms with Crippen LogP contribution in [-0.2, 0) is 11.3 Å². The van der Waals surface area contributed by atoms with Crippen LogP contribution >= 0.6 is 0 Å². The Bertz CT molecular complexity index is 914. The first-order chi connectivity index (χ1) is 12.9. The summed E-state index contributed by atoms with van der Waals surface area (Å²) >= 11 is 0. The van der Waals surface area contributed by atoms with E-state index in [0.29, 0.717) is 37.3 Å². The number of rotatable bonds is 5. The Morgan fingerprint density at radius 2 is 2.11 bits per heavy atom. The van der Waals surface area contributed by atoms with E-state index in [4.69, 9.17) is 0 Å². The topological polar surface area (TPSA) is 101 Å². The molecule has 1 N–H and O–H groups in total. The normalized spacial score (nSPS) is 17.1. The van der Waals surface area contributed by atoms with Crippen molar-refractivity contribution in [3.05, 3.63) is 45.4 Å². The van der Waals surface area contributed by atoms with Gasteiger partial charge in [-0.1, -0.05) is 0 Å². The predicted octanol–water partition coefficient (Wildman–Crippen LogP) is 1.58. The van der Waals surface area contributed by atoms with Crippen LogP contribution in [0.2, 0.25) is 0 Å². The van der Waals surface area contributed by atoms with E-state index in [2.05, 4.69) is 15.1 Å². The number of H-pyrrole nitrogens is 1. The van der Waals surface area contributed by atoms with Crippen molar-refractivity contribution in [2.24, 2.45) is 0 Å². The fraction of sp³-hybridized carbons (Fsp3) is 0.526. The highest BCUT2D eigenvalue weighted by Gasteiger charge is 2.26. The van der Waals surface area contributed by atoms with Crippen LogP contribution in [0.1, 0.15) is 59.5 Å². The van der Waals surface area contributed by atoms with Gasteiger partial charge in [0.2, 0.25) is 5.91 Å². The molecule has 0 spiro atoms. The van der Waals surface area contributed by atoms with Gasteiger partial charge in [-0.05, 0) is 33.6 Å². The van der Waals surface area contributed by atoms with Crippen LogP contribution < -0.4 is 5.56 Å². The Labute approximate surface area is 157 Å². The Kier molecular flexibility index (Phi) is 5.53. The summed E-state index contributed by atoms with van der Waals surface area (Å²) in [6.45, 7) is 6.94. The van der Waals surface area contributed by atoms with E-state index in [0.717, 1.165) is 24.2 Å². The van der Waals surface area contributed by atoms with Crippen LogP contribution in [0.15, 0.2) is 17.2 Å². The third-order valence-corrected chi connectivity index (χ3v) is 5.16. The number of aryl methyl sites for hydroxylation is 2. The molecule has 2 aromatic heterocycles. The van der Waals surface area contributed by atoms with E-state index in [1.54, 1.807) is 4.68 Å². The fourth-order valence-electron chi connectivity index (χ4n) is 3.84. The first-order valence-corrected chi connectivity index (χ1v) is 9.24. The molecule has 0 radical (unpaired) electrons. The van der Waals surface area contributed by atoms with Gasteiger partial charge in [-0.3, -0.25) is 19.1 Å². The summed E-state index contributed by atoms with van der Waals surface area (Å²) in [5.74, 6) is 0.135. The number of aromatic nitrogens is 4. The maximum absolute atomic E-state index is 12.7. The van der Waals surface area contributed by atoms with Crippen molar-refractivity contribution in [1.29, 1.82) is 0 Å². The Morgan fingerprint density at radius 3 is 2.78 bits per heavy atom. The van der Waals surface area contributed by atoms with Crippen molar-refractivity contribution in [2.75, 3.05) is 13.1 Å². The molecule has 0 aromatic carbocycles. The molecule has 144 valence electrons. The van der Waals surface area contributed by atoms with Crippen molar-refractivity contribution < 1.29 is 9.59 Å². The van der Waals surface area contributed by atoms with E-state index >= 15 is 0 Å². The molecule has 1 unspecified atom stereocenters. The molecule has 1 amide bonds. The van der Waals surface area contributed by atoms with Gasteiger partial charge in [-0.25, -0.2) is 4.98 Å². The maximum atomic E-state index is 12.7. The predicted molar refractivity (Wildman–Crippen MR) is 99.7 cm³/mol. The second kappa shape index (κ2) is 7.85. The second-order valence-corrected chi connectivity index (χ2v) is 7.09. The molecule has 8 nitrogen and oxygen atoms in total. The number of hydrogen-bond acceptors (Lipinski definition) is 5. The number of hydrogen-bond donors (Lipinski definition) is 1. The highest BCUT2D eigenvalue weighted by molar-refractivity contribution is 5.96. The van der Waals surface area contributed by atoms with Crippen LogP contribution in [0.4, 0.5) is 0 Å². The number of piperidine rings is 1. The summed E-state index contributed by atoms with van der Waals surface area (Å²) in [4.78, 5) is 44.5. The number of amides is 1. The van der Waals surface area contributed by atoms with Crippen molar-refractivity contribution in [2.45, 2.75) is 52.5 Å². The van der Waals surface area contributed by atoms with Crippen LogP contribution in [0.5, 0.6) is 0 Å². The average Bonchev–Trinajstić information content (AvgIpc) is 2.93. The highest BCUT2D eigenvalue weighted by Crippen LogP contribution is 2.25. The summed E-state index contributed by atoms with van der Waals surface area (Å²) in [6.07, 6.45) is 3.54. The zero-order chi connectivity index (χ0) is 19.6. The molecule has 2 aromatic rings.